The Balaban J connectivity index is 1.46. The molecular weight excluding hydrogens is 308 g/mol. The molecule has 1 aromatic rings. The van der Waals surface area contributed by atoms with Crippen LogP contribution in [-0.4, -0.2) is 22.7 Å². The second-order valence-corrected chi connectivity index (χ2v) is 9.32. The standard InChI is InChI=1S/C22H30N2O/c1-21-10-8-17-15(4-7-20-22(17,2)9-3-13-25-20)16(21)5-6-18(21)19-14-23-11-12-24-19/h6,11-12,14-17,20H,3-5,7-10,13H2,1-2H3/t15?,16-,17?,20?,21?,22?/m0/s1. The van der Waals surface area contributed by atoms with Gasteiger partial charge in [0.15, 0.2) is 0 Å². The van der Waals surface area contributed by atoms with E-state index in [-0.39, 0.29) is 5.41 Å². The zero-order valence-corrected chi connectivity index (χ0v) is 15.6. The molecule has 3 fully saturated rings. The van der Waals surface area contributed by atoms with E-state index < -0.39 is 0 Å². The van der Waals surface area contributed by atoms with Crippen molar-refractivity contribution in [3.8, 4) is 0 Å². The summed E-state index contributed by atoms with van der Waals surface area (Å²) in [5, 5.41) is 0. The van der Waals surface area contributed by atoms with Crippen molar-refractivity contribution in [3.05, 3.63) is 30.4 Å². The lowest BCUT2D eigenvalue weighted by molar-refractivity contribution is -0.168. The molecule has 0 radical (unpaired) electrons. The van der Waals surface area contributed by atoms with E-state index in [4.69, 9.17) is 4.74 Å². The van der Waals surface area contributed by atoms with Crippen LogP contribution in [0.5, 0.6) is 0 Å². The summed E-state index contributed by atoms with van der Waals surface area (Å²) in [6.45, 7) is 6.03. The Morgan fingerprint density at radius 3 is 2.84 bits per heavy atom. The molecule has 5 rings (SSSR count). The monoisotopic (exact) mass is 338 g/mol. The van der Waals surface area contributed by atoms with E-state index in [1.54, 1.807) is 6.20 Å². The summed E-state index contributed by atoms with van der Waals surface area (Å²) in [7, 11) is 0. The maximum atomic E-state index is 6.23. The molecule has 1 aromatic heterocycles. The molecule has 4 aliphatic rings. The molecule has 3 heteroatoms. The highest BCUT2D eigenvalue weighted by Crippen LogP contribution is 2.65. The molecule has 3 aliphatic carbocycles. The average molecular weight is 338 g/mol. The van der Waals surface area contributed by atoms with E-state index in [0.29, 0.717) is 11.5 Å². The second kappa shape index (κ2) is 5.64. The number of hydrogen-bond donors (Lipinski definition) is 0. The molecule has 5 unspecified atom stereocenters. The first-order chi connectivity index (χ1) is 12.1. The molecule has 6 atom stereocenters. The topological polar surface area (TPSA) is 35.0 Å². The molecular formula is C22H30N2O. The minimum atomic E-state index is 0.288. The van der Waals surface area contributed by atoms with Crippen LogP contribution in [0.4, 0.5) is 0 Å². The quantitative estimate of drug-likeness (QED) is 0.731. The third kappa shape index (κ3) is 2.21. The van der Waals surface area contributed by atoms with Crippen molar-refractivity contribution in [1.29, 1.82) is 0 Å². The average Bonchev–Trinajstić information content (AvgIpc) is 2.99. The van der Waals surface area contributed by atoms with Gasteiger partial charge in [-0.2, -0.15) is 0 Å². The van der Waals surface area contributed by atoms with E-state index >= 15 is 0 Å². The molecule has 3 nitrogen and oxygen atoms in total. The van der Waals surface area contributed by atoms with Crippen molar-refractivity contribution in [2.24, 2.45) is 28.6 Å². The second-order valence-electron chi connectivity index (χ2n) is 9.32. The molecule has 0 N–H and O–H groups in total. The largest absolute Gasteiger partial charge is 0.378 e. The summed E-state index contributed by atoms with van der Waals surface area (Å²) >= 11 is 0. The molecule has 0 aromatic carbocycles. The molecule has 1 saturated heterocycles. The van der Waals surface area contributed by atoms with E-state index in [9.17, 15) is 0 Å². The predicted octanol–water partition coefficient (Wildman–Crippen LogP) is 4.89. The molecule has 2 saturated carbocycles. The van der Waals surface area contributed by atoms with E-state index in [2.05, 4.69) is 29.9 Å². The molecule has 0 spiro atoms. The molecule has 0 bridgehead atoms. The fraction of sp³-hybridized carbons (Fsp3) is 0.727. The summed E-state index contributed by atoms with van der Waals surface area (Å²) in [4.78, 5) is 8.95. The lowest BCUT2D eigenvalue weighted by Gasteiger charge is -2.59. The molecule has 1 aliphatic heterocycles. The Bertz CT molecular complexity index is 687. The fourth-order valence-electron chi connectivity index (χ4n) is 7.12. The highest BCUT2D eigenvalue weighted by Gasteiger charge is 2.58. The van der Waals surface area contributed by atoms with Gasteiger partial charge in [0.05, 0.1) is 18.0 Å². The number of aromatic nitrogens is 2. The van der Waals surface area contributed by atoms with Crippen LogP contribution in [-0.2, 0) is 4.74 Å². The van der Waals surface area contributed by atoms with Gasteiger partial charge in [0.1, 0.15) is 0 Å². The van der Waals surface area contributed by atoms with Crippen molar-refractivity contribution < 1.29 is 4.74 Å². The molecule has 25 heavy (non-hydrogen) atoms. The number of hydrogen-bond acceptors (Lipinski definition) is 3. The van der Waals surface area contributed by atoms with Crippen LogP contribution in [0.25, 0.3) is 5.57 Å². The Labute approximate surface area is 151 Å². The van der Waals surface area contributed by atoms with Crippen molar-refractivity contribution in [2.75, 3.05) is 6.61 Å². The fourth-order valence-corrected chi connectivity index (χ4v) is 7.12. The summed E-state index contributed by atoms with van der Waals surface area (Å²) < 4.78 is 6.23. The van der Waals surface area contributed by atoms with Gasteiger partial charge in [-0.15, -0.1) is 0 Å². The number of ether oxygens (including phenoxy) is 1. The van der Waals surface area contributed by atoms with E-state index in [1.165, 1.54) is 50.5 Å². The van der Waals surface area contributed by atoms with Gasteiger partial charge in [-0.1, -0.05) is 19.9 Å². The van der Waals surface area contributed by atoms with Gasteiger partial charge < -0.3 is 4.74 Å². The highest BCUT2D eigenvalue weighted by molar-refractivity contribution is 5.70. The van der Waals surface area contributed by atoms with Gasteiger partial charge in [0.25, 0.3) is 0 Å². The smallest absolute Gasteiger partial charge is 0.0847 e. The SMILES string of the molecule is CC12CCCOC1CCC1C2CCC2(C)C(c3cnccn3)=CC[C@@H]12. The Kier molecular flexibility index (Phi) is 3.61. The zero-order valence-electron chi connectivity index (χ0n) is 15.6. The summed E-state index contributed by atoms with van der Waals surface area (Å²) in [5.41, 5.74) is 3.27. The third-order valence-electron chi connectivity index (χ3n) is 8.38. The predicted molar refractivity (Wildman–Crippen MR) is 98.8 cm³/mol. The van der Waals surface area contributed by atoms with Gasteiger partial charge in [-0.25, -0.2) is 0 Å². The van der Waals surface area contributed by atoms with Gasteiger partial charge in [0.2, 0.25) is 0 Å². The first-order valence-corrected chi connectivity index (χ1v) is 10.2. The molecule has 0 amide bonds. The van der Waals surface area contributed by atoms with Crippen LogP contribution >= 0.6 is 0 Å². The van der Waals surface area contributed by atoms with Crippen molar-refractivity contribution >= 4 is 5.57 Å². The normalized spacial score (nSPS) is 45.9. The first kappa shape index (κ1) is 16.0. The minimum absolute atomic E-state index is 0.288. The van der Waals surface area contributed by atoms with Crippen LogP contribution in [0.3, 0.4) is 0 Å². The zero-order chi connectivity index (χ0) is 17.1. The molecule has 2 heterocycles. The Hall–Kier alpha value is -1.22. The highest BCUT2D eigenvalue weighted by atomic mass is 16.5. The third-order valence-corrected chi connectivity index (χ3v) is 8.38. The number of fused-ring (bicyclic) bond motifs is 5. The maximum Gasteiger partial charge on any atom is 0.0847 e. The number of allylic oxidation sites excluding steroid dienone is 2. The molecule has 134 valence electrons. The van der Waals surface area contributed by atoms with Crippen LogP contribution in [0.1, 0.15) is 64.5 Å². The van der Waals surface area contributed by atoms with Crippen molar-refractivity contribution in [3.63, 3.8) is 0 Å². The number of nitrogens with zero attached hydrogens (tertiary/aromatic N) is 2. The van der Waals surface area contributed by atoms with E-state index in [0.717, 1.165) is 30.1 Å². The van der Waals surface area contributed by atoms with Gasteiger partial charge in [0, 0.05) is 19.0 Å². The minimum Gasteiger partial charge on any atom is -0.378 e. The Morgan fingerprint density at radius 2 is 2.00 bits per heavy atom. The van der Waals surface area contributed by atoms with Crippen LogP contribution in [0, 0.1) is 28.6 Å². The lowest BCUT2D eigenvalue weighted by atomic mass is 9.47. The van der Waals surface area contributed by atoms with Gasteiger partial charge in [-0.3, -0.25) is 9.97 Å². The van der Waals surface area contributed by atoms with Crippen LogP contribution < -0.4 is 0 Å². The summed E-state index contributed by atoms with van der Waals surface area (Å²) in [6, 6.07) is 0. The summed E-state index contributed by atoms with van der Waals surface area (Å²) in [5.74, 6) is 2.48. The lowest BCUT2D eigenvalue weighted by Crippen LogP contribution is -2.55. The maximum absolute atomic E-state index is 6.23. The van der Waals surface area contributed by atoms with Crippen molar-refractivity contribution in [2.45, 2.75) is 64.9 Å². The summed E-state index contributed by atoms with van der Waals surface area (Å²) in [6.07, 6.45) is 17.7. The number of rotatable bonds is 1. The van der Waals surface area contributed by atoms with Gasteiger partial charge in [-0.05, 0) is 79.1 Å². The van der Waals surface area contributed by atoms with Crippen molar-refractivity contribution in [1.82, 2.24) is 9.97 Å². The van der Waals surface area contributed by atoms with E-state index in [1.807, 2.05) is 12.4 Å². The van der Waals surface area contributed by atoms with Crippen LogP contribution in [0.15, 0.2) is 24.7 Å². The Morgan fingerprint density at radius 1 is 1.08 bits per heavy atom. The first-order valence-electron chi connectivity index (χ1n) is 10.2. The van der Waals surface area contributed by atoms with Gasteiger partial charge >= 0.3 is 0 Å². The van der Waals surface area contributed by atoms with Crippen LogP contribution in [0.2, 0.25) is 0 Å².